The van der Waals surface area contributed by atoms with Gasteiger partial charge in [0.2, 0.25) is 5.91 Å². The summed E-state index contributed by atoms with van der Waals surface area (Å²) in [6, 6.07) is -2.18. The van der Waals surface area contributed by atoms with Crippen LogP contribution in [-0.2, 0) is 29.5 Å². The van der Waals surface area contributed by atoms with Gasteiger partial charge in [-0.25, -0.2) is 9.29 Å². The lowest BCUT2D eigenvalue weighted by Crippen LogP contribution is -2.71. The Bertz CT molecular complexity index is 900. The molecule has 3 amide bonds. The smallest absolute Gasteiger partial charge is 0.362 e. The van der Waals surface area contributed by atoms with Gasteiger partial charge in [0.15, 0.2) is 10.8 Å². The predicted molar refractivity (Wildman–Crippen MR) is 94.8 cm³/mol. The summed E-state index contributed by atoms with van der Waals surface area (Å²) in [5.74, 6) is -2.63. The Morgan fingerprint density at radius 1 is 1.52 bits per heavy atom. The molecule has 2 rings (SSSR count). The summed E-state index contributed by atoms with van der Waals surface area (Å²) in [6.45, 7) is 1.33. The molecular formula is C12H14ClN5O7S2. The molecule has 12 nitrogen and oxygen atoms in total. The highest BCUT2D eigenvalue weighted by Gasteiger charge is 2.51. The van der Waals surface area contributed by atoms with Crippen molar-refractivity contribution in [2.24, 2.45) is 5.16 Å². The number of aromatic nitrogens is 1. The van der Waals surface area contributed by atoms with Crippen LogP contribution in [0.1, 0.15) is 12.6 Å². The highest BCUT2D eigenvalue weighted by molar-refractivity contribution is 7.84. The van der Waals surface area contributed by atoms with Gasteiger partial charge in [-0.1, -0.05) is 5.16 Å². The van der Waals surface area contributed by atoms with Gasteiger partial charge in [0, 0.05) is 5.38 Å². The lowest BCUT2D eigenvalue weighted by molar-refractivity contribution is -0.143. The van der Waals surface area contributed by atoms with Crippen LogP contribution >= 0.6 is 22.9 Å². The maximum absolute atomic E-state index is 12.4. The van der Waals surface area contributed by atoms with Crippen LogP contribution in [0.15, 0.2) is 10.5 Å². The molecule has 1 saturated heterocycles. The number of anilines is 1. The minimum Gasteiger partial charge on any atom is -0.398 e. The molecule has 0 saturated carbocycles. The van der Waals surface area contributed by atoms with Crippen molar-refractivity contribution in [3.63, 3.8) is 0 Å². The third kappa shape index (κ3) is 4.52. The Hall–Kier alpha value is -2.29. The number of alkyl halides is 1. The topological polar surface area (TPSA) is 167 Å². The van der Waals surface area contributed by atoms with E-state index < -0.39 is 40.1 Å². The summed E-state index contributed by atoms with van der Waals surface area (Å²) >= 11 is 6.39. The van der Waals surface area contributed by atoms with Crippen molar-refractivity contribution >= 4 is 61.8 Å². The van der Waals surface area contributed by atoms with Crippen LogP contribution in [0.4, 0.5) is 5.13 Å². The number of β-lactam (4-membered cyclic amide) rings is 1. The van der Waals surface area contributed by atoms with Crippen LogP contribution < -0.4 is 10.6 Å². The Labute approximate surface area is 162 Å². The number of amides is 3. The van der Waals surface area contributed by atoms with Crippen LogP contribution in [-0.4, -0.2) is 70.8 Å². The molecule has 1 aliphatic heterocycles. The molecule has 1 aromatic rings. The summed E-state index contributed by atoms with van der Waals surface area (Å²) in [7, 11) is -3.52. The first-order valence-corrected chi connectivity index (χ1v) is 9.95. The minimum atomic E-state index is -4.71. The largest absolute Gasteiger partial charge is 0.398 e. The van der Waals surface area contributed by atoms with Crippen molar-refractivity contribution in [3.05, 3.63) is 11.1 Å². The van der Waals surface area contributed by atoms with Crippen LogP contribution in [0.25, 0.3) is 0 Å². The monoisotopic (exact) mass is 439 g/mol. The predicted octanol–water partition coefficient (Wildman–Crippen LogP) is -0.811. The number of carbonyl (C=O) groups excluding carboxylic acids is 3. The van der Waals surface area contributed by atoms with Gasteiger partial charge in [-0.3, -0.25) is 18.9 Å². The maximum Gasteiger partial charge on any atom is 0.362 e. The average Bonchev–Trinajstić information content (AvgIpc) is 3.04. The molecule has 0 bridgehead atoms. The zero-order valence-corrected chi connectivity index (χ0v) is 16.3. The van der Waals surface area contributed by atoms with Crippen LogP contribution in [0.5, 0.6) is 0 Å². The molecule has 0 aliphatic carbocycles. The Balaban J connectivity index is 2.14. The van der Waals surface area contributed by atoms with Crippen LogP contribution in [0.2, 0.25) is 0 Å². The molecule has 1 aromatic heterocycles. The Morgan fingerprint density at radius 3 is 2.70 bits per heavy atom. The number of halogens is 1. The minimum absolute atomic E-state index is 0.0512. The molecule has 148 valence electrons. The maximum atomic E-state index is 12.4. The number of carbonyl (C=O) groups is 3. The lowest BCUT2D eigenvalue weighted by atomic mass is 10.0. The third-order valence-corrected chi connectivity index (χ3v) is 5.39. The van der Waals surface area contributed by atoms with Gasteiger partial charge in [0.1, 0.15) is 24.7 Å². The summed E-state index contributed by atoms with van der Waals surface area (Å²) in [4.78, 5) is 44.2. The van der Waals surface area contributed by atoms with E-state index in [0.29, 0.717) is 0 Å². The molecule has 2 heterocycles. The zero-order valence-electron chi connectivity index (χ0n) is 13.9. The first-order chi connectivity index (χ1) is 12.6. The van der Waals surface area contributed by atoms with Crippen molar-refractivity contribution in [1.82, 2.24) is 14.6 Å². The molecule has 3 N–H and O–H groups in total. The van der Waals surface area contributed by atoms with Gasteiger partial charge >= 0.3 is 10.3 Å². The number of oxime groups is 1. The normalized spacial score (nSPS) is 20.1. The lowest BCUT2D eigenvalue weighted by Gasteiger charge is -2.42. The molecule has 2 atom stereocenters. The Kier molecular flexibility index (Phi) is 6.35. The summed E-state index contributed by atoms with van der Waals surface area (Å²) in [5, 5.41) is 9.84. The summed E-state index contributed by atoms with van der Waals surface area (Å²) in [6.07, 6.45) is 0. The fraction of sp³-hybridized carbons (Fsp3) is 0.417. The van der Waals surface area contributed by atoms with Crippen molar-refractivity contribution < 1.29 is 32.2 Å². The van der Waals surface area contributed by atoms with Gasteiger partial charge in [-0.05, 0) is 6.92 Å². The van der Waals surface area contributed by atoms with E-state index in [1.165, 1.54) is 19.4 Å². The van der Waals surface area contributed by atoms with E-state index in [1.54, 1.807) is 0 Å². The summed E-state index contributed by atoms with van der Waals surface area (Å²) < 4.78 is 31.4. The first-order valence-electron chi connectivity index (χ1n) is 7.14. The molecule has 0 radical (unpaired) electrons. The van der Waals surface area contributed by atoms with Gasteiger partial charge in [0.05, 0.1) is 6.04 Å². The molecule has 1 aliphatic rings. The van der Waals surface area contributed by atoms with Crippen LogP contribution in [0, 0.1) is 0 Å². The van der Waals surface area contributed by atoms with E-state index in [0.717, 1.165) is 11.3 Å². The number of nitrogens with zero attached hydrogens (tertiary/aromatic N) is 3. The van der Waals surface area contributed by atoms with Crippen molar-refractivity contribution in [2.75, 3.05) is 18.3 Å². The van der Waals surface area contributed by atoms with Gasteiger partial charge in [-0.15, -0.1) is 22.9 Å². The standard InChI is InChI=1S/C12H14ClN5O7S2/c1-5-8(11(21)18(5)27(22,23)24)16-10(20)9(17-25-2)6-4-26-12(14-6)15-7(19)3-13/h4-5,8H,3H2,1-2H3,(H,16,20)(H,14,15,19)(H,22,23,24)/t5-,8-/m1/s1. The van der Waals surface area contributed by atoms with Crippen molar-refractivity contribution in [1.29, 1.82) is 0 Å². The van der Waals surface area contributed by atoms with Crippen molar-refractivity contribution in [2.45, 2.75) is 19.0 Å². The van der Waals surface area contributed by atoms with Crippen molar-refractivity contribution in [3.8, 4) is 0 Å². The van der Waals surface area contributed by atoms with E-state index in [4.69, 9.17) is 16.2 Å². The second-order valence-electron chi connectivity index (χ2n) is 5.15. The first kappa shape index (κ1) is 21.0. The highest BCUT2D eigenvalue weighted by Crippen LogP contribution is 2.23. The number of thiazole rings is 1. The molecule has 1 fully saturated rings. The fourth-order valence-corrected chi connectivity index (χ4v) is 3.86. The van der Waals surface area contributed by atoms with Gasteiger partial charge in [-0.2, -0.15) is 8.42 Å². The summed E-state index contributed by atoms with van der Waals surface area (Å²) in [5.41, 5.74) is -0.249. The third-order valence-electron chi connectivity index (χ3n) is 3.38. The number of rotatable bonds is 7. The average molecular weight is 440 g/mol. The number of hydrogen-bond acceptors (Lipinski definition) is 9. The molecule has 0 aromatic carbocycles. The quantitative estimate of drug-likeness (QED) is 0.163. The highest BCUT2D eigenvalue weighted by atomic mass is 35.5. The molecule has 0 unspecified atom stereocenters. The van der Waals surface area contributed by atoms with Gasteiger partial charge in [0.25, 0.3) is 11.8 Å². The SMILES string of the molecule is CON=C(C(=O)N[C@H]1C(=O)N(S(=O)(=O)O)[C@@H]1C)c1csc(NC(=O)CCl)n1. The van der Waals surface area contributed by atoms with Crippen LogP contribution in [0.3, 0.4) is 0 Å². The molecule has 15 heteroatoms. The van der Waals surface area contributed by atoms with E-state index in [2.05, 4.69) is 25.6 Å². The van der Waals surface area contributed by atoms with E-state index in [-0.39, 0.29) is 26.7 Å². The van der Waals surface area contributed by atoms with E-state index >= 15 is 0 Å². The Morgan fingerprint density at radius 2 is 2.19 bits per heavy atom. The second kappa shape index (κ2) is 8.16. The number of nitrogens with one attached hydrogen (secondary N) is 2. The molecule has 27 heavy (non-hydrogen) atoms. The second-order valence-corrected chi connectivity index (χ2v) is 7.56. The fourth-order valence-electron chi connectivity index (χ4n) is 2.20. The van der Waals surface area contributed by atoms with Gasteiger partial charge < -0.3 is 15.5 Å². The zero-order chi connectivity index (χ0) is 20.4. The molecular weight excluding hydrogens is 426 g/mol. The van der Waals surface area contributed by atoms with E-state index in [9.17, 15) is 22.8 Å². The van der Waals surface area contributed by atoms with E-state index in [1.807, 2.05) is 0 Å². The molecule has 0 spiro atoms. The number of hydrogen-bond donors (Lipinski definition) is 3.